The summed E-state index contributed by atoms with van der Waals surface area (Å²) in [7, 11) is 0. The number of halogens is 1. The molecule has 3 heterocycles. The molecule has 5 nitrogen and oxygen atoms in total. The Morgan fingerprint density at radius 1 is 0.938 bits per heavy atom. The zero-order valence-electron chi connectivity index (χ0n) is 17.9. The smallest absolute Gasteiger partial charge is 0.250 e. The zero-order chi connectivity index (χ0) is 21.8. The number of benzene rings is 2. The Bertz CT molecular complexity index is 1130. The fraction of sp³-hybridized carbons (Fsp3) is 0.269. The Kier molecular flexibility index (Phi) is 6.03. The second kappa shape index (κ2) is 9.40. The van der Waals surface area contributed by atoms with E-state index in [1.54, 1.807) is 30.6 Å². The Labute approximate surface area is 187 Å². The quantitative estimate of drug-likeness (QED) is 0.474. The molecule has 0 spiro atoms. The minimum Gasteiger partial charge on any atom is -0.313 e. The monoisotopic (exact) mass is 427 g/mol. The number of nitrogens with zero attached hydrogens (tertiary/aromatic N) is 4. The van der Waals surface area contributed by atoms with E-state index in [4.69, 9.17) is 5.10 Å². The van der Waals surface area contributed by atoms with Crippen molar-refractivity contribution < 1.29 is 4.39 Å². The van der Waals surface area contributed by atoms with E-state index in [-0.39, 0.29) is 5.82 Å². The maximum Gasteiger partial charge on any atom is 0.250 e. The van der Waals surface area contributed by atoms with E-state index in [2.05, 4.69) is 51.7 Å². The number of nitrogens with one attached hydrogen (secondary N) is 1. The van der Waals surface area contributed by atoms with Crippen LogP contribution in [0.1, 0.15) is 36.4 Å². The Hall–Kier alpha value is -3.38. The molecule has 1 saturated heterocycles. The fourth-order valence-electron chi connectivity index (χ4n) is 4.41. The van der Waals surface area contributed by atoms with Crippen molar-refractivity contribution in [2.75, 3.05) is 6.54 Å². The zero-order valence-corrected chi connectivity index (χ0v) is 17.9. The van der Waals surface area contributed by atoms with Gasteiger partial charge < -0.3 is 5.32 Å². The molecule has 1 aliphatic heterocycles. The van der Waals surface area contributed by atoms with Crippen LogP contribution in [0.25, 0.3) is 17.2 Å². The molecule has 4 aromatic rings. The fourth-order valence-corrected chi connectivity index (χ4v) is 4.41. The summed E-state index contributed by atoms with van der Waals surface area (Å²) in [5.41, 5.74) is 4.16. The molecule has 2 aromatic heterocycles. The minimum atomic E-state index is -0.252. The summed E-state index contributed by atoms with van der Waals surface area (Å²) in [5.74, 6) is 0.619. The minimum absolute atomic E-state index is 0.252. The molecular weight excluding hydrogens is 401 g/mol. The van der Waals surface area contributed by atoms with Gasteiger partial charge in [-0.2, -0.15) is 5.10 Å². The van der Waals surface area contributed by atoms with Crippen molar-refractivity contribution >= 4 is 0 Å². The van der Waals surface area contributed by atoms with E-state index in [0.29, 0.717) is 17.9 Å². The van der Waals surface area contributed by atoms with E-state index in [9.17, 15) is 4.39 Å². The van der Waals surface area contributed by atoms with E-state index < -0.39 is 0 Å². The summed E-state index contributed by atoms with van der Waals surface area (Å²) in [6.45, 7) is 0.890. The molecule has 0 amide bonds. The highest BCUT2D eigenvalue weighted by molar-refractivity contribution is 5.60. The predicted octanol–water partition coefficient (Wildman–Crippen LogP) is 4.94. The molecule has 0 saturated carbocycles. The molecule has 2 atom stereocenters. The molecule has 0 radical (unpaired) electrons. The number of piperidine rings is 1. The van der Waals surface area contributed by atoms with Gasteiger partial charge in [0.05, 0.1) is 11.4 Å². The van der Waals surface area contributed by atoms with Gasteiger partial charge in [-0.05, 0) is 67.6 Å². The molecule has 0 aliphatic carbocycles. The maximum atomic E-state index is 13.4. The summed E-state index contributed by atoms with van der Waals surface area (Å²) in [4.78, 5) is 8.83. The van der Waals surface area contributed by atoms with Gasteiger partial charge in [0.1, 0.15) is 5.82 Å². The number of aryl methyl sites for hydroxylation is 1. The molecule has 1 fully saturated rings. The van der Waals surface area contributed by atoms with Crippen LogP contribution in [0.15, 0.2) is 79.1 Å². The first kappa shape index (κ1) is 20.5. The number of hydrogen-bond donors (Lipinski definition) is 1. The van der Waals surface area contributed by atoms with Gasteiger partial charge >= 0.3 is 0 Å². The van der Waals surface area contributed by atoms with E-state index in [1.165, 1.54) is 17.7 Å². The van der Waals surface area contributed by atoms with Gasteiger partial charge in [0.25, 0.3) is 5.95 Å². The first-order valence-corrected chi connectivity index (χ1v) is 11.2. The van der Waals surface area contributed by atoms with Crippen molar-refractivity contribution in [2.24, 2.45) is 0 Å². The summed E-state index contributed by atoms with van der Waals surface area (Å²) >= 11 is 0. The summed E-state index contributed by atoms with van der Waals surface area (Å²) < 4.78 is 15.2. The molecule has 5 rings (SSSR count). The molecule has 162 valence electrons. The lowest BCUT2D eigenvalue weighted by molar-refractivity contribution is 0.344. The van der Waals surface area contributed by atoms with Crippen LogP contribution < -0.4 is 5.32 Å². The van der Waals surface area contributed by atoms with E-state index in [1.807, 2.05) is 4.68 Å². The maximum absolute atomic E-state index is 13.4. The largest absolute Gasteiger partial charge is 0.313 e. The third-order valence-electron chi connectivity index (χ3n) is 6.18. The van der Waals surface area contributed by atoms with Gasteiger partial charge in [-0.25, -0.2) is 19.0 Å². The second-order valence-electron chi connectivity index (χ2n) is 8.33. The first-order chi connectivity index (χ1) is 15.8. The van der Waals surface area contributed by atoms with Crippen LogP contribution >= 0.6 is 0 Å². The number of rotatable bonds is 6. The molecule has 0 bridgehead atoms. The van der Waals surface area contributed by atoms with Crippen molar-refractivity contribution in [3.63, 3.8) is 0 Å². The van der Waals surface area contributed by atoms with E-state index >= 15 is 0 Å². The average molecular weight is 428 g/mol. The topological polar surface area (TPSA) is 55.6 Å². The van der Waals surface area contributed by atoms with Crippen molar-refractivity contribution in [3.05, 3.63) is 96.2 Å². The number of hydrogen-bond acceptors (Lipinski definition) is 4. The molecule has 2 unspecified atom stereocenters. The van der Waals surface area contributed by atoms with Crippen LogP contribution in [0.2, 0.25) is 0 Å². The lowest BCUT2D eigenvalue weighted by Crippen LogP contribution is -2.38. The van der Waals surface area contributed by atoms with Gasteiger partial charge in [-0.1, -0.05) is 30.3 Å². The Balaban J connectivity index is 1.34. The van der Waals surface area contributed by atoms with Crippen molar-refractivity contribution in [3.8, 4) is 17.2 Å². The number of aromatic nitrogens is 4. The third kappa shape index (κ3) is 4.60. The molecular formula is C26H26FN5. The van der Waals surface area contributed by atoms with Crippen LogP contribution in [0.4, 0.5) is 4.39 Å². The summed E-state index contributed by atoms with van der Waals surface area (Å²) in [5, 5.41) is 8.53. The highest BCUT2D eigenvalue weighted by atomic mass is 19.1. The van der Waals surface area contributed by atoms with Crippen LogP contribution in [0, 0.1) is 5.82 Å². The highest BCUT2D eigenvalue weighted by Gasteiger charge is 2.26. The van der Waals surface area contributed by atoms with E-state index in [0.717, 1.165) is 49.2 Å². The lowest BCUT2D eigenvalue weighted by Gasteiger charge is -2.30. The van der Waals surface area contributed by atoms with Gasteiger partial charge in [0.15, 0.2) is 0 Å². The second-order valence-corrected chi connectivity index (χ2v) is 8.33. The normalized spacial score (nSPS) is 18.5. The molecule has 2 aromatic carbocycles. The van der Waals surface area contributed by atoms with Gasteiger partial charge in [-0.3, -0.25) is 0 Å². The van der Waals surface area contributed by atoms with Crippen LogP contribution in [-0.2, 0) is 6.42 Å². The predicted molar refractivity (Wildman–Crippen MR) is 123 cm³/mol. The lowest BCUT2D eigenvalue weighted by atomic mass is 9.89. The van der Waals surface area contributed by atoms with Crippen LogP contribution in [0.5, 0.6) is 0 Å². The summed E-state index contributed by atoms with van der Waals surface area (Å²) in [6, 6.07) is 21.5. The van der Waals surface area contributed by atoms with Gasteiger partial charge in [0.2, 0.25) is 0 Å². The van der Waals surface area contributed by atoms with Gasteiger partial charge in [-0.15, -0.1) is 0 Å². The van der Waals surface area contributed by atoms with Gasteiger partial charge in [0, 0.05) is 36.5 Å². The van der Waals surface area contributed by atoms with Crippen molar-refractivity contribution in [2.45, 2.75) is 37.6 Å². The molecule has 6 heteroatoms. The van der Waals surface area contributed by atoms with Crippen molar-refractivity contribution in [1.29, 1.82) is 0 Å². The molecule has 1 N–H and O–H groups in total. The standard InChI is InChI=1S/C26H26FN5/c27-22-11-8-20(9-12-22)24-17-25(32(31-24)26-28-15-4-16-29-26)21-10-14-23(30-18-21)13-7-19-5-2-1-3-6-19/h1-6,8-9,11-12,15-17,21,23,30H,7,10,13-14,18H2. The average Bonchev–Trinajstić information content (AvgIpc) is 3.30. The highest BCUT2D eigenvalue weighted by Crippen LogP contribution is 2.31. The third-order valence-corrected chi connectivity index (χ3v) is 6.18. The van der Waals surface area contributed by atoms with Crippen LogP contribution in [-0.4, -0.2) is 32.3 Å². The molecule has 32 heavy (non-hydrogen) atoms. The SMILES string of the molecule is Fc1ccc(-c2cc(C3CCC(CCc4ccccc4)NC3)n(-c3ncccn3)n2)cc1. The summed E-state index contributed by atoms with van der Waals surface area (Å²) in [6.07, 6.45) is 7.87. The Morgan fingerprint density at radius 3 is 2.44 bits per heavy atom. The van der Waals surface area contributed by atoms with Crippen molar-refractivity contribution in [1.82, 2.24) is 25.1 Å². The molecule has 1 aliphatic rings. The first-order valence-electron chi connectivity index (χ1n) is 11.2. The Morgan fingerprint density at radius 2 is 1.72 bits per heavy atom. The van der Waals surface area contributed by atoms with Crippen LogP contribution in [0.3, 0.4) is 0 Å².